The van der Waals surface area contributed by atoms with Gasteiger partial charge < -0.3 is 30.4 Å². The van der Waals surface area contributed by atoms with Gasteiger partial charge >= 0.3 is 11.9 Å². The Hall–Kier alpha value is -4.36. The summed E-state index contributed by atoms with van der Waals surface area (Å²) in [6, 6.07) is 15.3. The molecule has 41 heavy (non-hydrogen) atoms. The van der Waals surface area contributed by atoms with E-state index in [0.717, 1.165) is 18.7 Å². The molecule has 4 N–H and O–H groups in total. The van der Waals surface area contributed by atoms with Gasteiger partial charge in [0.1, 0.15) is 6.54 Å². The number of hydrogen-bond acceptors (Lipinski definition) is 7. The van der Waals surface area contributed by atoms with Crippen molar-refractivity contribution in [1.82, 2.24) is 14.7 Å². The summed E-state index contributed by atoms with van der Waals surface area (Å²) in [6.45, 7) is 13.1. The summed E-state index contributed by atoms with van der Waals surface area (Å²) in [5.74, 6) is -4.11. The SMILES string of the molecule is CCN(CC)CCN(CC(=O)N(Cc1ccccc1)C(C)(C)C)C(=O)c1ccc([N+](=O)[O-])cc1.O.O=C(O)C(=O)O. The van der Waals surface area contributed by atoms with E-state index in [1.54, 1.807) is 9.80 Å². The molecule has 0 unspecified atom stereocenters. The van der Waals surface area contributed by atoms with Crippen LogP contribution in [0.4, 0.5) is 5.69 Å². The molecular weight excluding hydrogens is 536 g/mol. The first-order valence-electron chi connectivity index (χ1n) is 12.8. The minimum absolute atomic E-state index is 0. The van der Waals surface area contributed by atoms with E-state index >= 15 is 0 Å². The van der Waals surface area contributed by atoms with Crippen molar-refractivity contribution >= 4 is 29.4 Å². The Kier molecular flexibility index (Phi) is 15.5. The first kappa shape index (κ1) is 36.6. The molecule has 0 radical (unpaired) electrons. The minimum atomic E-state index is -1.82. The number of aliphatic carboxylic acids is 2. The zero-order chi connectivity index (χ0) is 30.5. The summed E-state index contributed by atoms with van der Waals surface area (Å²) in [7, 11) is 0. The lowest BCUT2D eigenvalue weighted by molar-refractivity contribution is -0.384. The van der Waals surface area contributed by atoms with Crippen LogP contribution in [0.1, 0.15) is 50.5 Å². The molecular formula is C28H40N4O9. The Morgan fingerprint density at radius 1 is 0.854 bits per heavy atom. The summed E-state index contributed by atoms with van der Waals surface area (Å²) in [5, 5.41) is 25.8. The van der Waals surface area contributed by atoms with E-state index in [2.05, 4.69) is 18.7 Å². The summed E-state index contributed by atoms with van der Waals surface area (Å²) in [5.41, 5.74) is 0.822. The molecule has 2 rings (SSSR count). The van der Waals surface area contributed by atoms with E-state index in [0.29, 0.717) is 25.2 Å². The summed E-state index contributed by atoms with van der Waals surface area (Å²) in [4.78, 5) is 61.0. The standard InChI is InChI=1S/C26H36N4O4.C2H2O4.H2O/c1-6-27(7-2)17-18-28(25(32)22-13-15-23(16-14-22)30(33)34)20-24(31)29(26(3,4)5)19-21-11-9-8-10-12-21;3-1(4)2(5)6;/h8-16H,6-7,17-20H2,1-5H3;(H,3,4)(H,5,6);1H2. The summed E-state index contributed by atoms with van der Waals surface area (Å²) in [6.07, 6.45) is 0. The molecule has 0 atom stereocenters. The minimum Gasteiger partial charge on any atom is -0.473 e. The molecule has 13 nitrogen and oxygen atoms in total. The quantitative estimate of drug-likeness (QED) is 0.230. The van der Waals surface area contributed by atoms with E-state index in [4.69, 9.17) is 19.8 Å². The normalized spacial score (nSPS) is 10.5. The number of carboxylic acids is 2. The molecule has 2 aromatic carbocycles. The van der Waals surface area contributed by atoms with Gasteiger partial charge in [-0.15, -0.1) is 0 Å². The van der Waals surface area contributed by atoms with Crippen molar-refractivity contribution in [2.24, 2.45) is 0 Å². The highest BCUT2D eigenvalue weighted by molar-refractivity contribution is 6.27. The van der Waals surface area contributed by atoms with Gasteiger partial charge in [0.2, 0.25) is 5.91 Å². The van der Waals surface area contributed by atoms with Gasteiger partial charge in [-0.1, -0.05) is 44.2 Å². The van der Waals surface area contributed by atoms with Crippen LogP contribution in [0.15, 0.2) is 54.6 Å². The molecule has 0 saturated heterocycles. The van der Waals surface area contributed by atoms with Crippen molar-refractivity contribution in [1.29, 1.82) is 0 Å². The fourth-order valence-corrected chi connectivity index (χ4v) is 3.68. The molecule has 0 aromatic heterocycles. The average molecular weight is 577 g/mol. The predicted molar refractivity (Wildman–Crippen MR) is 152 cm³/mol. The highest BCUT2D eigenvalue weighted by atomic mass is 16.6. The molecule has 2 amide bonds. The number of nitro groups is 1. The lowest BCUT2D eigenvalue weighted by Crippen LogP contribution is -2.51. The van der Waals surface area contributed by atoms with Gasteiger partial charge in [-0.3, -0.25) is 19.7 Å². The van der Waals surface area contributed by atoms with E-state index in [9.17, 15) is 19.7 Å². The van der Waals surface area contributed by atoms with Crippen LogP contribution in [0.25, 0.3) is 0 Å². The molecule has 226 valence electrons. The number of nitro benzene ring substituents is 1. The molecule has 2 aromatic rings. The van der Waals surface area contributed by atoms with Crippen molar-refractivity contribution in [2.75, 3.05) is 32.7 Å². The zero-order valence-electron chi connectivity index (χ0n) is 24.1. The lowest BCUT2D eigenvalue weighted by atomic mass is 10.0. The highest BCUT2D eigenvalue weighted by Crippen LogP contribution is 2.19. The topological polar surface area (TPSA) is 193 Å². The Morgan fingerprint density at radius 3 is 1.78 bits per heavy atom. The van der Waals surface area contributed by atoms with Crippen LogP contribution in [0, 0.1) is 10.1 Å². The second-order valence-electron chi connectivity index (χ2n) is 9.80. The molecule has 0 aliphatic heterocycles. The second-order valence-corrected chi connectivity index (χ2v) is 9.80. The number of rotatable bonds is 11. The number of benzene rings is 2. The molecule has 0 saturated carbocycles. The van der Waals surface area contributed by atoms with Crippen LogP contribution in [-0.2, 0) is 20.9 Å². The van der Waals surface area contributed by atoms with E-state index in [1.165, 1.54) is 24.3 Å². The average Bonchev–Trinajstić information content (AvgIpc) is 2.91. The molecule has 0 fully saturated rings. The second kappa shape index (κ2) is 17.4. The van der Waals surface area contributed by atoms with Crippen LogP contribution in [0.3, 0.4) is 0 Å². The molecule has 0 aliphatic carbocycles. The van der Waals surface area contributed by atoms with Crippen molar-refractivity contribution in [3.05, 3.63) is 75.8 Å². The van der Waals surface area contributed by atoms with Gasteiger partial charge in [-0.25, -0.2) is 9.59 Å². The van der Waals surface area contributed by atoms with Crippen LogP contribution in [0.5, 0.6) is 0 Å². The van der Waals surface area contributed by atoms with Gasteiger partial charge in [0.05, 0.1) is 4.92 Å². The molecule has 0 aliphatic rings. The Morgan fingerprint density at radius 2 is 1.37 bits per heavy atom. The van der Waals surface area contributed by atoms with Gasteiger partial charge in [0, 0.05) is 42.9 Å². The van der Waals surface area contributed by atoms with Crippen LogP contribution in [0.2, 0.25) is 0 Å². The van der Waals surface area contributed by atoms with Crippen molar-refractivity contribution in [3.63, 3.8) is 0 Å². The first-order valence-corrected chi connectivity index (χ1v) is 12.8. The zero-order valence-corrected chi connectivity index (χ0v) is 24.1. The molecule has 0 heterocycles. The van der Waals surface area contributed by atoms with E-state index in [1.807, 2.05) is 51.1 Å². The number of carbonyl (C=O) groups is 4. The monoisotopic (exact) mass is 576 g/mol. The summed E-state index contributed by atoms with van der Waals surface area (Å²) >= 11 is 0. The Labute approximate surface area is 239 Å². The van der Waals surface area contributed by atoms with Crippen LogP contribution < -0.4 is 0 Å². The fourth-order valence-electron chi connectivity index (χ4n) is 3.68. The molecule has 0 spiro atoms. The third-order valence-corrected chi connectivity index (χ3v) is 6.00. The largest absolute Gasteiger partial charge is 0.473 e. The number of nitrogens with zero attached hydrogens (tertiary/aromatic N) is 4. The maximum Gasteiger partial charge on any atom is 0.414 e. The van der Waals surface area contributed by atoms with Crippen LogP contribution >= 0.6 is 0 Å². The molecule has 13 heteroatoms. The number of carboxylic acid groups (broad SMARTS) is 2. The number of hydrogen-bond donors (Lipinski definition) is 2. The molecule has 0 bridgehead atoms. The highest BCUT2D eigenvalue weighted by Gasteiger charge is 2.29. The number of amides is 2. The van der Waals surface area contributed by atoms with Crippen molar-refractivity contribution in [2.45, 2.75) is 46.7 Å². The van der Waals surface area contributed by atoms with Crippen LogP contribution in [-0.4, -0.2) is 97.3 Å². The van der Waals surface area contributed by atoms with E-state index < -0.39 is 22.4 Å². The Balaban J connectivity index is 0.00000206. The first-order chi connectivity index (χ1) is 18.7. The predicted octanol–water partition coefficient (Wildman–Crippen LogP) is 2.54. The van der Waals surface area contributed by atoms with Crippen molar-refractivity contribution in [3.8, 4) is 0 Å². The number of carbonyl (C=O) groups excluding carboxylic acids is 2. The van der Waals surface area contributed by atoms with E-state index in [-0.39, 0.29) is 29.5 Å². The van der Waals surface area contributed by atoms with Gasteiger partial charge in [-0.05, 0) is 51.6 Å². The van der Waals surface area contributed by atoms with Gasteiger partial charge in [0.25, 0.3) is 11.6 Å². The number of likely N-dealkylation sites (N-methyl/N-ethyl adjacent to an activating group) is 1. The maximum absolute atomic E-state index is 13.5. The third kappa shape index (κ3) is 12.6. The van der Waals surface area contributed by atoms with Gasteiger partial charge in [0.15, 0.2) is 0 Å². The Bertz CT molecular complexity index is 1130. The third-order valence-electron chi connectivity index (χ3n) is 6.00. The lowest BCUT2D eigenvalue weighted by Gasteiger charge is -2.37. The number of non-ortho nitro benzene ring substituents is 1. The smallest absolute Gasteiger partial charge is 0.414 e. The fraction of sp³-hybridized carbons (Fsp3) is 0.429. The summed E-state index contributed by atoms with van der Waals surface area (Å²) < 4.78 is 0. The van der Waals surface area contributed by atoms with Gasteiger partial charge in [-0.2, -0.15) is 0 Å². The maximum atomic E-state index is 13.5. The van der Waals surface area contributed by atoms with Crippen molar-refractivity contribution < 1.29 is 39.8 Å².